The minimum atomic E-state index is -3.75. The van der Waals surface area contributed by atoms with E-state index >= 15 is 0 Å². The van der Waals surface area contributed by atoms with Crippen LogP contribution in [0.3, 0.4) is 0 Å². The smallest absolute Gasteiger partial charge is 0.243 e. The molecule has 1 aromatic rings. The van der Waals surface area contributed by atoms with Crippen LogP contribution in [0.15, 0.2) is 23.1 Å². The first kappa shape index (κ1) is 15.7. The van der Waals surface area contributed by atoms with Crippen LogP contribution in [-0.4, -0.2) is 38.5 Å². The van der Waals surface area contributed by atoms with Gasteiger partial charge >= 0.3 is 0 Å². The maximum atomic E-state index is 13.4. The van der Waals surface area contributed by atoms with E-state index in [-0.39, 0.29) is 23.4 Å². The van der Waals surface area contributed by atoms with Crippen LogP contribution in [0.25, 0.3) is 0 Å². The van der Waals surface area contributed by atoms with Gasteiger partial charge in [-0.3, -0.25) is 0 Å². The number of hydrogen-bond donors (Lipinski definition) is 0. The monoisotopic (exact) mass is 321 g/mol. The van der Waals surface area contributed by atoms with Gasteiger partial charge in [0.25, 0.3) is 0 Å². The fourth-order valence-electron chi connectivity index (χ4n) is 2.19. The predicted molar refractivity (Wildman–Crippen MR) is 74.7 cm³/mol. The minimum Gasteiger partial charge on any atom is -0.377 e. The van der Waals surface area contributed by atoms with E-state index < -0.39 is 15.8 Å². The summed E-state index contributed by atoms with van der Waals surface area (Å²) in [7, 11) is -3.75. The summed E-state index contributed by atoms with van der Waals surface area (Å²) in [5.74, 6) is -0.564. The van der Waals surface area contributed by atoms with Crippen molar-refractivity contribution in [2.45, 2.75) is 30.2 Å². The SMILES string of the molecule is CC1CN(S(=O)(=O)c2cc(F)ccc2CCl)CCCO1. The molecule has 2 rings (SSSR count). The highest BCUT2D eigenvalue weighted by molar-refractivity contribution is 7.89. The number of sulfonamides is 1. The van der Waals surface area contributed by atoms with E-state index in [0.29, 0.717) is 25.1 Å². The molecule has 1 aliphatic heterocycles. The van der Waals surface area contributed by atoms with Crippen LogP contribution in [0.1, 0.15) is 18.9 Å². The van der Waals surface area contributed by atoms with Crippen molar-refractivity contribution in [2.24, 2.45) is 0 Å². The lowest BCUT2D eigenvalue weighted by atomic mass is 10.2. The maximum absolute atomic E-state index is 13.4. The van der Waals surface area contributed by atoms with Crippen LogP contribution in [0.5, 0.6) is 0 Å². The zero-order chi connectivity index (χ0) is 14.8. The molecule has 1 fully saturated rings. The number of hydrogen-bond acceptors (Lipinski definition) is 3. The molecule has 1 aromatic carbocycles. The largest absolute Gasteiger partial charge is 0.377 e. The van der Waals surface area contributed by atoms with Gasteiger partial charge < -0.3 is 4.74 Å². The molecule has 0 spiro atoms. The average molecular weight is 322 g/mol. The maximum Gasteiger partial charge on any atom is 0.243 e. The van der Waals surface area contributed by atoms with Crippen molar-refractivity contribution in [3.8, 4) is 0 Å². The van der Waals surface area contributed by atoms with Gasteiger partial charge in [-0.05, 0) is 31.0 Å². The van der Waals surface area contributed by atoms with E-state index in [9.17, 15) is 12.8 Å². The number of ether oxygens (including phenoxy) is 1. The van der Waals surface area contributed by atoms with Gasteiger partial charge in [-0.2, -0.15) is 4.31 Å². The molecule has 1 heterocycles. The predicted octanol–water partition coefficient (Wildman–Crippen LogP) is 2.36. The molecule has 1 unspecified atom stereocenters. The summed E-state index contributed by atoms with van der Waals surface area (Å²) < 4.78 is 45.5. The Labute approximate surface area is 123 Å². The van der Waals surface area contributed by atoms with Crippen molar-refractivity contribution < 1.29 is 17.5 Å². The number of benzene rings is 1. The topological polar surface area (TPSA) is 46.6 Å². The van der Waals surface area contributed by atoms with Gasteiger partial charge in [-0.1, -0.05) is 6.07 Å². The van der Waals surface area contributed by atoms with Crippen molar-refractivity contribution in [1.29, 1.82) is 0 Å². The number of alkyl halides is 1. The van der Waals surface area contributed by atoms with E-state index in [1.54, 1.807) is 0 Å². The lowest BCUT2D eigenvalue weighted by molar-refractivity contribution is 0.0752. The van der Waals surface area contributed by atoms with Crippen molar-refractivity contribution in [2.75, 3.05) is 19.7 Å². The van der Waals surface area contributed by atoms with Crippen molar-refractivity contribution >= 4 is 21.6 Å². The summed E-state index contributed by atoms with van der Waals surface area (Å²) in [5, 5.41) is 0. The quantitative estimate of drug-likeness (QED) is 0.803. The zero-order valence-electron chi connectivity index (χ0n) is 11.2. The van der Waals surface area contributed by atoms with Crippen LogP contribution >= 0.6 is 11.6 Å². The Morgan fingerprint density at radius 3 is 2.95 bits per heavy atom. The Kier molecular flexibility index (Phi) is 5.01. The molecule has 0 aromatic heterocycles. The Balaban J connectivity index is 2.41. The fourth-order valence-corrected chi connectivity index (χ4v) is 4.29. The average Bonchev–Trinajstić information content (AvgIpc) is 2.64. The first-order valence-electron chi connectivity index (χ1n) is 6.41. The standard InChI is InChI=1S/C13H17ClFNO3S/c1-10-9-16(5-2-6-19-10)20(17,18)13-7-12(15)4-3-11(13)8-14/h3-4,7,10H,2,5-6,8-9H2,1H3. The first-order chi connectivity index (χ1) is 9.45. The van der Waals surface area contributed by atoms with Gasteiger partial charge in [-0.25, -0.2) is 12.8 Å². The molecule has 20 heavy (non-hydrogen) atoms. The van der Waals surface area contributed by atoms with Crippen LogP contribution in [0, 0.1) is 5.82 Å². The van der Waals surface area contributed by atoms with Crippen LogP contribution in [0.2, 0.25) is 0 Å². The van der Waals surface area contributed by atoms with E-state index in [1.165, 1.54) is 16.4 Å². The highest BCUT2D eigenvalue weighted by atomic mass is 35.5. The van der Waals surface area contributed by atoms with Gasteiger partial charge in [0.05, 0.1) is 11.0 Å². The third kappa shape index (κ3) is 3.31. The molecule has 7 heteroatoms. The van der Waals surface area contributed by atoms with Crippen molar-refractivity contribution in [1.82, 2.24) is 4.31 Å². The summed E-state index contributed by atoms with van der Waals surface area (Å²) >= 11 is 5.76. The molecule has 0 radical (unpaired) electrons. The molecule has 0 saturated carbocycles. The van der Waals surface area contributed by atoms with Gasteiger partial charge in [0.15, 0.2) is 0 Å². The summed E-state index contributed by atoms with van der Waals surface area (Å²) in [6.45, 7) is 2.98. The number of nitrogens with zero attached hydrogens (tertiary/aromatic N) is 1. The van der Waals surface area contributed by atoms with E-state index in [0.717, 1.165) is 6.07 Å². The zero-order valence-corrected chi connectivity index (χ0v) is 12.8. The van der Waals surface area contributed by atoms with Crippen LogP contribution < -0.4 is 0 Å². The Bertz CT molecular complexity index is 579. The Morgan fingerprint density at radius 2 is 2.25 bits per heavy atom. The van der Waals surface area contributed by atoms with E-state index in [4.69, 9.17) is 16.3 Å². The highest BCUT2D eigenvalue weighted by Crippen LogP contribution is 2.24. The summed E-state index contributed by atoms with van der Waals surface area (Å²) in [6, 6.07) is 3.65. The summed E-state index contributed by atoms with van der Waals surface area (Å²) in [5.41, 5.74) is 0.408. The second-order valence-electron chi connectivity index (χ2n) is 4.78. The van der Waals surface area contributed by atoms with Crippen molar-refractivity contribution in [3.05, 3.63) is 29.6 Å². The van der Waals surface area contributed by atoms with E-state index in [2.05, 4.69) is 0 Å². The summed E-state index contributed by atoms with van der Waals surface area (Å²) in [4.78, 5) is -0.0541. The molecule has 1 aliphatic rings. The molecule has 0 N–H and O–H groups in total. The molecular formula is C13H17ClFNO3S. The van der Waals surface area contributed by atoms with Gasteiger partial charge in [0, 0.05) is 25.6 Å². The lowest BCUT2D eigenvalue weighted by Crippen LogP contribution is -2.36. The second kappa shape index (κ2) is 6.39. The van der Waals surface area contributed by atoms with Crippen LogP contribution in [0.4, 0.5) is 4.39 Å². The Morgan fingerprint density at radius 1 is 1.50 bits per heavy atom. The first-order valence-corrected chi connectivity index (χ1v) is 8.38. The second-order valence-corrected chi connectivity index (χ2v) is 6.96. The van der Waals surface area contributed by atoms with E-state index in [1.807, 2.05) is 6.92 Å². The number of rotatable bonds is 3. The summed E-state index contributed by atoms with van der Waals surface area (Å²) in [6.07, 6.45) is 0.440. The molecule has 1 saturated heterocycles. The minimum absolute atomic E-state index is 0.0226. The highest BCUT2D eigenvalue weighted by Gasteiger charge is 2.29. The molecule has 1 atom stereocenters. The molecule has 0 amide bonds. The van der Waals surface area contributed by atoms with Crippen LogP contribution in [-0.2, 0) is 20.6 Å². The number of halogens is 2. The van der Waals surface area contributed by atoms with Gasteiger partial charge in [-0.15, -0.1) is 11.6 Å². The third-order valence-electron chi connectivity index (χ3n) is 3.21. The van der Waals surface area contributed by atoms with Gasteiger partial charge in [0.2, 0.25) is 10.0 Å². The van der Waals surface area contributed by atoms with Gasteiger partial charge in [0.1, 0.15) is 5.82 Å². The third-order valence-corrected chi connectivity index (χ3v) is 5.44. The molecule has 0 bridgehead atoms. The molecular weight excluding hydrogens is 305 g/mol. The Hall–Kier alpha value is -0.690. The molecule has 4 nitrogen and oxygen atoms in total. The molecule has 0 aliphatic carbocycles. The van der Waals surface area contributed by atoms with Crippen molar-refractivity contribution in [3.63, 3.8) is 0 Å². The normalized spacial score (nSPS) is 21.6. The molecule has 112 valence electrons. The lowest BCUT2D eigenvalue weighted by Gasteiger charge is -2.22. The fraction of sp³-hybridized carbons (Fsp3) is 0.538.